The molecule has 1 saturated carbocycles. The van der Waals surface area contributed by atoms with Crippen molar-refractivity contribution >= 4 is 0 Å². The Bertz CT molecular complexity index is 300. The van der Waals surface area contributed by atoms with Gasteiger partial charge in [0.1, 0.15) is 0 Å². The second-order valence-corrected chi connectivity index (χ2v) is 8.20. The van der Waals surface area contributed by atoms with Crippen molar-refractivity contribution < 1.29 is 0 Å². The Kier molecular flexibility index (Phi) is 5.53. The first-order chi connectivity index (χ1) is 9.51. The average molecular weight is 280 g/mol. The Labute approximate surface area is 126 Å². The van der Waals surface area contributed by atoms with Crippen molar-refractivity contribution in [2.45, 2.75) is 84.1 Å². The van der Waals surface area contributed by atoms with E-state index in [4.69, 9.17) is 5.73 Å². The van der Waals surface area contributed by atoms with E-state index in [1.807, 2.05) is 0 Å². The van der Waals surface area contributed by atoms with Gasteiger partial charge in [0.2, 0.25) is 0 Å². The van der Waals surface area contributed by atoms with Crippen LogP contribution in [0.3, 0.4) is 0 Å². The first-order valence-electron chi connectivity index (χ1n) is 8.96. The molecule has 2 fully saturated rings. The molecule has 0 bridgehead atoms. The number of likely N-dealkylation sites (tertiary alicyclic amines) is 1. The van der Waals surface area contributed by atoms with Crippen LogP contribution in [0.1, 0.15) is 78.6 Å². The fraction of sp³-hybridized carbons (Fsp3) is 1.00. The van der Waals surface area contributed by atoms with E-state index in [2.05, 4.69) is 25.7 Å². The maximum absolute atomic E-state index is 6.30. The maximum Gasteiger partial charge on any atom is 0.0332 e. The second kappa shape index (κ2) is 6.79. The van der Waals surface area contributed by atoms with Gasteiger partial charge in [-0.05, 0) is 50.0 Å². The average Bonchev–Trinajstić information content (AvgIpc) is 2.61. The minimum atomic E-state index is 0.320. The Hall–Kier alpha value is -0.0800. The van der Waals surface area contributed by atoms with Gasteiger partial charge < -0.3 is 5.73 Å². The van der Waals surface area contributed by atoms with Crippen LogP contribution in [-0.4, -0.2) is 30.1 Å². The zero-order valence-corrected chi connectivity index (χ0v) is 14.1. The molecule has 2 aliphatic rings. The number of rotatable bonds is 4. The molecule has 0 spiro atoms. The summed E-state index contributed by atoms with van der Waals surface area (Å²) in [6.45, 7) is 10.6. The van der Waals surface area contributed by atoms with Crippen LogP contribution in [0, 0.1) is 11.3 Å². The van der Waals surface area contributed by atoms with E-state index in [1.54, 1.807) is 0 Å². The summed E-state index contributed by atoms with van der Waals surface area (Å²) in [6, 6.07) is 0. The normalized spacial score (nSPS) is 35.7. The molecule has 2 unspecified atom stereocenters. The van der Waals surface area contributed by atoms with E-state index < -0.39 is 0 Å². The molecule has 20 heavy (non-hydrogen) atoms. The van der Waals surface area contributed by atoms with E-state index in [0.717, 1.165) is 12.5 Å². The van der Waals surface area contributed by atoms with E-state index in [1.165, 1.54) is 70.9 Å². The highest BCUT2D eigenvalue weighted by Crippen LogP contribution is 2.40. The molecule has 2 rings (SSSR count). The quantitative estimate of drug-likeness (QED) is 0.783. The summed E-state index contributed by atoms with van der Waals surface area (Å²) in [5.41, 5.74) is 7.11. The number of nitrogens with two attached hydrogens (primary N) is 1. The van der Waals surface area contributed by atoms with Crippen molar-refractivity contribution in [3.8, 4) is 0 Å². The lowest BCUT2D eigenvalue weighted by molar-refractivity contribution is 0.00840. The van der Waals surface area contributed by atoms with Crippen LogP contribution >= 0.6 is 0 Å². The lowest BCUT2D eigenvalue weighted by atomic mass is 9.79. The van der Waals surface area contributed by atoms with E-state index in [0.29, 0.717) is 11.0 Å². The van der Waals surface area contributed by atoms with Crippen molar-refractivity contribution in [1.82, 2.24) is 4.90 Å². The van der Waals surface area contributed by atoms with Crippen molar-refractivity contribution in [1.29, 1.82) is 0 Å². The van der Waals surface area contributed by atoms with Gasteiger partial charge in [-0.1, -0.05) is 46.5 Å². The van der Waals surface area contributed by atoms with Gasteiger partial charge in [-0.2, -0.15) is 0 Å². The molecule has 0 aromatic carbocycles. The number of nitrogens with zero attached hydrogens (tertiary/aromatic N) is 1. The van der Waals surface area contributed by atoms with Gasteiger partial charge in [0, 0.05) is 18.6 Å². The largest absolute Gasteiger partial charge is 0.329 e. The van der Waals surface area contributed by atoms with Gasteiger partial charge in [0.15, 0.2) is 0 Å². The topological polar surface area (TPSA) is 29.3 Å². The molecule has 1 aliphatic carbocycles. The summed E-state index contributed by atoms with van der Waals surface area (Å²) in [7, 11) is 0. The smallest absolute Gasteiger partial charge is 0.0332 e. The van der Waals surface area contributed by atoms with Crippen molar-refractivity contribution in [3.05, 3.63) is 0 Å². The summed E-state index contributed by atoms with van der Waals surface area (Å²) in [5, 5.41) is 0. The third-order valence-electron chi connectivity index (χ3n) is 5.92. The third kappa shape index (κ3) is 3.76. The molecule has 0 aromatic heterocycles. The standard InChI is InChI=1S/C18H36N2/c1-4-7-16-8-5-11-18(14-19,12-9-16)20-13-6-10-17(2,3)15-20/h16H,4-15,19H2,1-3H3. The Balaban J connectivity index is 2.05. The highest BCUT2D eigenvalue weighted by molar-refractivity contribution is 4.97. The van der Waals surface area contributed by atoms with Gasteiger partial charge in [-0.15, -0.1) is 0 Å². The van der Waals surface area contributed by atoms with Crippen LogP contribution in [0.25, 0.3) is 0 Å². The Morgan fingerprint density at radius 3 is 2.55 bits per heavy atom. The molecule has 0 radical (unpaired) electrons. The highest BCUT2D eigenvalue weighted by atomic mass is 15.2. The molecular weight excluding hydrogens is 244 g/mol. The van der Waals surface area contributed by atoms with Gasteiger partial charge in [-0.3, -0.25) is 4.90 Å². The third-order valence-corrected chi connectivity index (χ3v) is 5.92. The molecule has 2 heteroatoms. The predicted molar refractivity (Wildman–Crippen MR) is 87.9 cm³/mol. The van der Waals surface area contributed by atoms with Crippen molar-refractivity contribution in [2.75, 3.05) is 19.6 Å². The van der Waals surface area contributed by atoms with Crippen molar-refractivity contribution in [2.24, 2.45) is 17.1 Å². The highest BCUT2D eigenvalue weighted by Gasteiger charge is 2.41. The molecule has 1 aliphatic heterocycles. The van der Waals surface area contributed by atoms with Crippen LogP contribution in [0.4, 0.5) is 0 Å². The first kappa shape index (κ1) is 16.3. The maximum atomic E-state index is 6.30. The lowest BCUT2D eigenvalue weighted by Gasteiger charge is -2.49. The van der Waals surface area contributed by atoms with Gasteiger partial charge in [-0.25, -0.2) is 0 Å². The van der Waals surface area contributed by atoms with Crippen LogP contribution in [0.5, 0.6) is 0 Å². The lowest BCUT2D eigenvalue weighted by Crippen LogP contribution is -2.58. The zero-order valence-electron chi connectivity index (χ0n) is 14.1. The van der Waals surface area contributed by atoms with Crippen LogP contribution in [-0.2, 0) is 0 Å². The molecule has 2 N–H and O–H groups in total. The second-order valence-electron chi connectivity index (χ2n) is 8.20. The van der Waals surface area contributed by atoms with Gasteiger partial charge in [0.05, 0.1) is 0 Å². The molecular formula is C18H36N2. The van der Waals surface area contributed by atoms with Crippen molar-refractivity contribution in [3.63, 3.8) is 0 Å². The van der Waals surface area contributed by atoms with E-state index >= 15 is 0 Å². The molecule has 118 valence electrons. The van der Waals surface area contributed by atoms with Gasteiger partial charge in [0.25, 0.3) is 0 Å². The summed E-state index contributed by atoms with van der Waals surface area (Å²) >= 11 is 0. The SMILES string of the molecule is CCCC1CCCC(CN)(N2CCCC(C)(C)C2)CC1. The Morgan fingerprint density at radius 2 is 1.90 bits per heavy atom. The minimum absolute atomic E-state index is 0.320. The summed E-state index contributed by atoms with van der Waals surface area (Å²) in [6.07, 6.45) is 12.4. The number of hydrogen-bond acceptors (Lipinski definition) is 2. The zero-order chi connectivity index (χ0) is 14.6. The van der Waals surface area contributed by atoms with E-state index in [-0.39, 0.29) is 0 Å². The molecule has 2 atom stereocenters. The number of hydrogen-bond donors (Lipinski definition) is 1. The first-order valence-corrected chi connectivity index (χ1v) is 8.96. The molecule has 2 nitrogen and oxygen atoms in total. The minimum Gasteiger partial charge on any atom is -0.329 e. The van der Waals surface area contributed by atoms with Crippen LogP contribution < -0.4 is 5.73 Å². The molecule has 1 heterocycles. The summed E-state index contributed by atoms with van der Waals surface area (Å²) in [4.78, 5) is 2.78. The molecule has 0 amide bonds. The fourth-order valence-electron chi connectivity index (χ4n) is 4.64. The molecule has 1 saturated heterocycles. The van der Waals surface area contributed by atoms with Crippen LogP contribution in [0.2, 0.25) is 0 Å². The van der Waals surface area contributed by atoms with Gasteiger partial charge >= 0.3 is 0 Å². The Morgan fingerprint density at radius 1 is 1.10 bits per heavy atom. The summed E-state index contributed by atoms with van der Waals surface area (Å²) < 4.78 is 0. The van der Waals surface area contributed by atoms with Crippen LogP contribution in [0.15, 0.2) is 0 Å². The predicted octanol–water partition coefficient (Wildman–Crippen LogP) is 4.19. The monoisotopic (exact) mass is 280 g/mol. The number of piperidine rings is 1. The fourth-order valence-corrected chi connectivity index (χ4v) is 4.64. The molecule has 0 aromatic rings. The summed E-state index contributed by atoms with van der Waals surface area (Å²) in [5.74, 6) is 0.964. The van der Waals surface area contributed by atoms with E-state index in [9.17, 15) is 0 Å².